The largest absolute Gasteiger partial charge is 0.488 e. The number of carbonyl (C=O) groups excluding carboxylic acids is 1. The summed E-state index contributed by atoms with van der Waals surface area (Å²) in [7, 11) is 1.55. The van der Waals surface area contributed by atoms with Gasteiger partial charge >= 0.3 is 6.18 Å². The molecule has 1 aliphatic rings. The second kappa shape index (κ2) is 11.1. The molecule has 1 fully saturated rings. The van der Waals surface area contributed by atoms with Crippen LogP contribution in [0.3, 0.4) is 0 Å². The highest BCUT2D eigenvalue weighted by Gasteiger charge is 2.36. The van der Waals surface area contributed by atoms with Crippen molar-refractivity contribution in [3.8, 4) is 39.2 Å². The average molecular weight is 558 g/mol. The van der Waals surface area contributed by atoms with Crippen molar-refractivity contribution in [1.82, 2.24) is 14.9 Å². The van der Waals surface area contributed by atoms with Crippen molar-refractivity contribution in [3.63, 3.8) is 0 Å². The maximum Gasteiger partial charge on any atom is 0.420 e. The van der Waals surface area contributed by atoms with Crippen LogP contribution < -0.4 is 9.47 Å². The molecule has 39 heavy (non-hydrogen) atoms. The molecule has 0 spiro atoms. The van der Waals surface area contributed by atoms with Gasteiger partial charge in [0.25, 0.3) is 5.91 Å². The number of nitrogens with one attached hydrogen (secondary N) is 1. The van der Waals surface area contributed by atoms with Gasteiger partial charge in [0.2, 0.25) is 0 Å². The number of aromatic amines is 1. The molecule has 3 heterocycles. The molecule has 11 heteroatoms. The van der Waals surface area contributed by atoms with E-state index < -0.39 is 23.4 Å². The van der Waals surface area contributed by atoms with Crippen LogP contribution in [0.1, 0.15) is 29.3 Å². The molecule has 0 radical (unpaired) electrons. The monoisotopic (exact) mass is 557 g/mol. The summed E-state index contributed by atoms with van der Waals surface area (Å²) in [5.41, 5.74) is 1.11. The Kier molecular flexibility index (Phi) is 7.62. The molecule has 204 valence electrons. The molecule has 0 saturated carbocycles. The lowest BCUT2D eigenvalue weighted by Gasteiger charge is -2.31. The van der Waals surface area contributed by atoms with Gasteiger partial charge in [-0.15, -0.1) is 11.3 Å². The van der Waals surface area contributed by atoms with E-state index in [1.807, 2.05) is 24.4 Å². The van der Waals surface area contributed by atoms with E-state index in [2.05, 4.69) is 9.97 Å². The third-order valence-corrected chi connectivity index (χ3v) is 6.99. The molecule has 0 bridgehead atoms. The van der Waals surface area contributed by atoms with Crippen molar-refractivity contribution < 1.29 is 32.2 Å². The summed E-state index contributed by atoms with van der Waals surface area (Å²) in [5, 5.41) is 2.68. The van der Waals surface area contributed by atoms with Gasteiger partial charge in [-0.25, -0.2) is 4.98 Å². The molecule has 0 aliphatic carbocycles. The Morgan fingerprint density at radius 2 is 1.87 bits per heavy atom. The first-order chi connectivity index (χ1) is 18.7. The molecule has 2 aromatic heterocycles. The number of H-pyrrole nitrogens is 1. The van der Waals surface area contributed by atoms with Gasteiger partial charge < -0.3 is 24.1 Å². The van der Waals surface area contributed by atoms with E-state index in [-0.39, 0.29) is 17.4 Å². The number of carbonyl (C=O) groups is 1. The number of methoxy groups -OCH3 is 1. The topological polar surface area (TPSA) is 76.7 Å². The number of alkyl halides is 3. The molecular weight excluding hydrogens is 531 g/mol. The fourth-order valence-corrected chi connectivity index (χ4v) is 4.82. The third-order valence-electron chi connectivity index (χ3n) is 6.18. The molecule has 4 aromatic rings. The quantitative estimate of drug-likeness (QED) is 0.243. The van der Waals surface area contributed by atoms with Gasteiger partial charge in [0, 0.05) is 54.7 Å². The van der Waals surface area contributed by atoms with Gasteiger partial charge in [0.05, 0.1) is 17.9 Å². The first-order valence-electron chi connectivity index (χ1n) is 12.3. The van der Waals surface area contributed by atoms with E-state index in [1.54, 1.807) is 25.4 Å². The van der Waals surface area contributed by atoms with E-state index in [0.717, 1.165) is 23.2 Å². The van der Waals surface area contributed by atoms with Crippen molar-refractivity contribution >= 4 is 17.2 Å². The van der Waals surface area contributed by atoms with Crippen LogP contribution in [0.5, 0.6) is 17.2 Å². The summed E-state index contributed by atoms with van der Waals surface area (Å²) < 4.78 is 59.1. The van der Waals surface area contributed by atoms with Gasteiger partial charge in [0.1, 0.15) is 28.4 Å². The van der Waals surface area contributed by atoms with Crippen LogP contribution in [0.2, 0.25) is 0 Å². The second-order valence-electron chi connectivity index (χ2n) is 9.16. The number of hydrogen-bond acceptors (Lipinski definition) is 6. The van der Waals surface area contributed by atoms with E-state index in [0.29, 0.717) is 36.7 Å². The normalized spacial score (nSPS) is 14.1. The molecule has 2 aromatic carbocycles. The van der Waals surface area contributed by atoms with E-state index >= 15 is 0 Å². The fraction of sp³-hybridized carbons (Fsp3) is 0.286. The van der Waals surface area contributed by atoms with Gasteiger partial charge in [0.15, 0.2) is 0 Å². The SMILES string of the molecule is COCC(C)Oc1cc(Oc2ccc(C(=O)N3CCC3)cc2C(F)(F)F)cc(-c2ccc(-c3nccs3)[nH]2)c1. The standard InChI is InChI=1S/C28H26F3N3O4S/c1-17(16-36-2)37-20-12-19(23-5-6-24(33-23)26-32-8-11-39-26)13-21(15-20)38-25-7-4-18(14-22(25)28(29,30)31)27(35)34-9-3-10-34/h4-8,11-15,17,33H,3,9-10,16H2,1-2H3. The molecule has 1 N–H and O–H groups in total. The van der Waals surface area contributed by atoms with Crippen LogP contribution in [-0.2, 0) is 10.9 Å². The number of nitrogens with zero attached hydrogens (tertiary/aromatic N) is 2. The zero-order valence-corrected chi connectivity index (χ0v) is 22.1. The van der Waals surface area contributed by atoms with Crippen molar-refractivity contribution in [3.05, 3.63) is 71.2 Å². The summed E-state index contributed by atoms with van der Waals surface area (Å²) in [6.45, 7) is 3.22. The number of aromatic nitrogens is 2. The minimum absolute atomic E-state index is 0.0263. The van der Waals surface area contributed by atoms with E-state index in [4.69, 9.17) is 14.2 Å². The number of hydrogen-bond donors (Lipinski definition) is 1. The van der Waals surface area contributed by atoms with Gasteiger partial charge in [-0.3, -0.25) is 4.79 Å². The smallest absolute Gasteiger partial charge is 0.420 e. The number of ether oxygens (including phenoxy) is 3. The maximum atomic E-state index is 14.1. The number of halogens is 3. The number of thiazole rings is 1. The second-order valence-corrected chi connectivity index (χ2v) is 10.1. The molecule has 7 nitrogen and oxygen atoms in total. The highest BCUT2D eigenvalue weighted by Crippen LogP contribution is 2.41. The van der Waals surface area contributed by atoms with E-state index in [9.17, 15) is 18.0 Å². The lowest BCUT2D eigenvalue weighted by Crippen LogP contribution is -2.42. The molecule has 5 rings (SSSR count). The minimum atomic E-state index is -4.73. The van der Waals surface area contributed by atoms with Gasteiger partial charge in [-0.2, -0.15) is 13.2 Å². The Bertz CT molecular complexity index is 1450. The minimum Gasteiger partial charge on any atom is -0.488 e. The maximum absolute atomic E-state index is 14.1. The summed E-state index contributed by atoms with van der Waals surface area (Å²) in [4.78, 5) is 21.7. The zero-order chi connectivity index (χ0) is 27.6. The predicted molar refractivity (Wildman–Crippen MR) is 141 cm³/mol. The Labute approximate surface area is 227 Å². The lowest BCUT2D eigenvalue weighted by molar-refractivity contribution is -0.138. The number of likely N-dealkylation sites (tertiary alicyclic amines) is 1. The average Bonchev–Trinajstić information content (AvgIpc) is 3.55. The highest BCUT2D eigenvalue weighted by molar-refractivity contribution is 7.13. The Morgan fingerprint density at radius 3 is 2.54 bits per heavy atom. The first-order valence-corrected chi connectivity index (χ1v) is 13.2. The Morgan fingerprint density at radius 1 is 1.10 bits per heavy atom. The van der Waals surface area contributed by atoms with Crippen LogP contribution in [0.4, 0.5) is 13.2 Å². The van der Waals surface area contributed by atoms with Crippen molar-refractivity contribution in [1.29, 1.82) is 0 Å². The Balaban J connectivity index is 1.50. The number of amides is 1. The van der Waals surface area contributed by atoms with Crippen molar-refractivity contribution in [2.75, 3.05) is 26.8 Å². The van der Waals surface area contributed by atoms with Crippen LogP contribution in [0.15, 0.2) is 60.1 Å². The Hall–Kier alpha value is -3.83. The number of benzene rings is 2. The summed E-state index contributed by atoms with van der Waals surface area (Å²) in [5.74, 6) is -0.294. The molecule has 1 aliphatic heterocycles. The van der Waals surface area contributed by atoms with Gasteiger partial charge in [-0.05, 0) is 55.8 Å². The van der Waals surface area contributed by atoms with E-state index in [1.165, 1.54) is 34.4 Å². The molecule has 1 atom stereocenters. The molecule has 1 unspecified atom stereocenters. The van der Waals surface area contributed by atoms with Crippen LogP contribution >= 0.6 is 11.3 Å². The first kappa shape index (κ1) is 26.8. The molecule has 1 amide bonds. The summed E-state index contributed by atoms with van der Waals surface area (Å²) in [6, 6.07) is 12.1. The summed E-state index contributed by atoms with van der Waals surface area (Å²) in [6.07, 6.45) is -2.49. The highest BCUT2D eigenvalue weighted by atomic mass is 32.1. The fourth-order valence-electron chi connectivity index (χ4n) is 4.20. The molecular formula is C28H26F3N3O4S. The zero-order valence-electron chi connectivity index (χ0n) is 21.2. The molecule has 1 saturated heterocycles. The third kappa shape index (κ3) is 6.10. The number of rotatable bonds is 9. The van der Waals surface area contributed by atoms with Crippen LogP contribution in [0.25, 0.3) is 22.0 Å². The predicted octanol–water partition coefficient (Wildman–Crippen LogP) is 6.88. The van der Waals surface area contributed by atoms with Gasteiger partial charge in [-0.1, -0.05) is 0 Å². The summed E-state index contributed by atoms with van der Waals surface area (Å²) >= 11 is 1.48. The van der Waals surface area contributed by atoms with Crippen LogP contribution in [0, 0.1) is 0 Å². The van der Waals surface area contributed by atoms with Crippen LogP contribution in [-0.4, -0.2) is 53.7 Å². The lowest BCUT2D eigenvalue weighted by atomic mass is 10.1. The van der Waals surface area contributed by atoms with Crippen molar-refractivity contribution in [2.24, 2.45) is 0 Å². The van der Waals surface area contributed by atoms with Crippen molar-refractivity contribution in [2.45, 2.75) is 25.6 Å².